The number of hydrogen-bond donors (Lipinski definition) is 1. The van der Waals surface area contributed by atoms with E-state index in [2.05, 4.69) is 15.1 Å². The molecule has 0 aliphatic rings. The third-order valence-corrected chi connectivity index (χ3v) is 4.44. The standard InChI is InChI=1S/C23H16FN3O3/c1-14-5-3-4-6-20(14)29-13-22(28)26-16-7-9-17(18(24)11-16)23-27-19-12-15(25-2)8-10-21(19)30-23/h3-12H,13H2,1H3,(H,26,28). The molecule has 0 atom stereocenters. The van der Waals surface area contributed by atoms with Crippen LogP contribution in [0.25, 0.3) is 27.4 Å². The number of para-hydroxylation sites is 1. The van der Waals surface area contributed by atoms with Crippen LogP contribution in [-0.4, -0.2) is 17.5 Å². The Morgan fingerprint density at radius 1 is 1.20 bits per heavy atom. The van der Waals surface area contributed by atoms with Crippen molar-refractivity contribution < 1.29 is 18.3 Å². The molecule has 0 spiro atoms. The van der Waals surface area contributed by atoms with Gasteiger partial charge in [0.1, 0.15) is 11.6 Å². The van der Waals surface area contributed by atoms with E-state index in [4.69, 9.17) is 15.7 Å². The Labute approximate surface area is 171 Å². The average Bonchev–Trinajstić information content (AvgIpc) is 3.16. The number of amides is 1. The highest BCUT2D eigenvalue weighted by molar-refractivity contribution is 5.92. The summed E-state index contributed by atoms with van der Waals surface area (Å²) < 4.78 is 25.7. The highest BCUT2D eigenvalue weighted by Gasteiger charge is 2.14. The highest BCUT2D eigenvalue weighted by Crippen LogP contribution is 2.30. The van der Waals surface area contributed by atoms with E-state index in [0.29, 0.717) is 28.2 Å². The molecular formula is C23H16FN3O3. The van der Waals surface area contributed by atoms with Gasteiger partial charge in [-0.25, -0.2) is 14.2 Å². The van der Waals surface area contributed by atoms with Crippen molar-refractivity contribution >= 4 is 28.4 Å². The lowest BCUT2D eigenvalue weighted by molar-refractivity contribution is -0.118. The van der Waals surface area contributed by atoms with E-state index in [-0.39, 0.29) is 18.1 Å². The smallest absolute Gasteiger partial charge is 0.262 e. The largest absolute Gasteiger partial charge is 0.483 e. The maximum atomic E-state index is 14.6. The molecule has 6 nitrogen and oxygen atoms in total. The predicted molar refractivity (Wildman–Crippen MR) is 111 cm³/mol. The van der Waals surface area contributed by atoms with Crippen LogP contribution in [-0.2, 0) is 4.79 Å². The molecule has 0 fully saturated rings. The summed E-state index contributed by atoms with van der Waals surface area (Å²) in [5, 5.41) is 2.60. The minimum Gasteiger partial charge on any atom is -0.483 e. The van der Waals surface area contributed by atoms with Crippen molar-refractivity contribution in [1.82, 2.24) is 4.98 Å². The molecule has 148 valence electrons. The van der Waals surface area contributed by atoms with E-state index in [9.17, 15) is 9.18 Å². The second kappa shape index (κ2) is 8.05. The Hall–Kier alpha value is -4.18. The number of aromatic nitrogens is 1. The molecule has 7 heteroatoms. The summed E-state index contributed by atoms with van der Waals surface area (Å²) in [6.07, 6.45) is 0. The zero-order valence-corrected chi connectivity index (χ0v) is 16.0. The van der Waals surface area contributed by atoms with Crippen molar-refractivity contribution in [3.63, 3.8) is 0 Å². The topological polar surface area (TPSA) is 68.7 Å². The Balaban J connectivity index is 1.47. The number of halogens is 1. The van der Waals surface area contributed by atoms with Crippen molar-refractivity contribution in [2.45, 2.75) is 6.92 Å². The van der Waals surface area contributed by atoms with Gasteiger partial charge in [0.2, 0.25) is 5.89 Å². The van der Waals surface area contributed by atoms with E-state index in [1.54, 1.807) is 30.3 Å². The van der Waals surface area contributed by atoms with Crippen LogP contribution < -0.4 is 10.1 Å². The number of nitrogens with one attached hydrogen (secondary N) is 1. The molecule has 0 bridgehead atoms. The van der Waals surface area contributed by atoms with Gasteiger partial charge in [-0.2, -0.15) is 0 Å². The Bertz CT molecular complexity index is 1290. The first-order chi connectivity index (χ1) is 14.5. The fourth-order valence-electron chi connectivity index (χ4n) is 2.93. The van der Waals surface area contributed by atoms with Crippen LogP contribution in [0.4, 0.5) is 15.8 Å². The second-order valence-corrected chi connectivity index (χ2v) is 6.58. The summed E-state index contributed by atoms with van der Waals surface area (Å²) in [5.41, 5.74) is 2.73. The highest BCUT2D eigenvalue weighted by atomic mass is 19.1. The minimum atomic E-state index is -0.593. The van der Waals surface area contributed by atoms with Crippen LogP contribution in [0.5, 0.6) is 5.75 Å². The molecule has 0 aliphatic heterocycles. The van der Waals surface area contributed by atoms with E-state index < -0.39 is 11.7 Å². The van der Waals surface area contributed by atoms with Gasteiger partial charge in [0.15, 0.2) is 17.9 Å². The Morgan fingerprint density at radius 3 is 2.80 bits per heavy atom. The molecule has 0 saturated heterocycles. The summed E-state index contributed by atoms with van der Waals surface area (Å²) in [6, 6.07) is 16.4. The number of hydrogen-bond acceptors (Lipinski definition) is 4. The maximum Gasteiger partial charge on any atom is 0.262 e. The molecule has 0 saturated carbocycles. The van der Waals surface area contributed by atoms with E-state index >= 15 is 0 Å². The molecule has 1 heterocycles. The summed E-state index contributed by atoms with van der Waals surface area (Å²) in [5.74, 6) is -0.277. The first-order valence-electron chi connectivity index (χ1n) is 9.10. The maximum absolute atomic E-state index is 14.6. The number of oxazole rings is 1. The fourth-order valence-corrected chi connectivity index (χ4v) is 2.93. The number of carbonyl (C=O) groups is 1. The number of carbonyl (C=O) groups excluding carboxylic acids is 1. The van der Waals surface area contributed by atoms with Crippen molar-refractivity contribution in [2.24, 2.45) is 0 Å². The van der Waals surface area contributed by atoms with Gasteiger partial charge >= 0.3 is 0 Å². The average molecular weight is 401 g/mol. The van der Waals surface area contributed by atoms with Crippen molar-refractivity contribution in [3.05, 3.63) is 83.5 Å². The number of benzene rings is 3. The molecule has 1 N–H and O–H groups in total. The van der Waals surface area contributed by atoms with Gasteiger partial charge in [0, 0.05) is 5.69 Å². The number of fused-ring (bicyclic) bond motifs is 1. The van der Waals surface area contributed by atoms with Gasteiger partial charge < -0.3 is 14.5 Å². The van der Waals surface area contributed by atoms with Gasteiger partial charge in [0.25, 0.3) is 5.91 Å². The number of aryl methyl sites for hydroxylation is 1. The lowest BCUT2D eigenvalue weighted by atomic mass is 10.2. The third-order valence-electron chi connectivity index (χ3n) is 4.44. The molecule has 4 aromatic rings. The minimum absolute atomic E-state index is 0.102. The number of rotatable bonds is 5. The molecule has 0 unspecified atom stereocenters. The Morgan fingerprint density at radius 2 is 2.03 bits per heavy atom. The number of anilines is 1. The van der Waals surface area contributed by atoms with Crippen molar-refractivity contribution in [1.29, 1.82) is 0 Å². The summed E-state index contributed by atoms with van der Waals surface area (Å²) in [7, 11) is 0. The molecule has 30 heavy (non-hydrogen) atoms. The van der Waals surface area contributed by atoms with E-state index in [1.807, 2.05) is 25.1 Å². The number of nitrogens with zero attached hydrogens (tertiary/aromatic N) is 2. The number of ether oxygens (including phenoxy) is 1. The van der Waals surface area contributed by atoms with Crippen LogP contribution in [0.2, 0.25) is 0 Å². The van der Waals surface area contributed by atoms with E-state index in [1.165, 1.54) is 12.1 Å². The molecular weight excluding hydrogens is 385 g/mol. The zero-order valence-electron chi connectivity index (χ0n) is 16.0. The molecule has 1 aromatic heterocycles. The lowest BCUT2D eigenvalue weighted by Gasteiger charge is -2.10. The van der Waals surface area contributed by atoms with Crippen LogP contribution in [0.3, 0.4) is 0 Å². The van der Waals surface area contributed by atoms with Crippen molar-refractivity contribution in [2.75, 3.05) is 11.9 Å². The van der Waals surface area contributed by atoms with Crippen LogP contribution >= 0.6 is 0 Å². The second-order valence-electron chi connectivity index (χ2n) is 6.58. The summed E-state index contributed by atoms with van der Waals surface area (Å²) in [4.78, 5) is 19.7. The first-order valence-corrected chi connectivity index (χ1v) is 9.10. The van der Waals surface area contributed by atoms with Gasteiger partial charge in [-0.15, -0.1) is 0 Å². The van der Waals surface area contributed by atoms with Gasteiger partial charge in [0.05, 0.1) is 17.7 Å². The van der Waals surface area contributed by atoms with Gasteiger partial charge in [-0.3, -0.25) is 4.79 Å². The fraction of sp³-hybridized carbons (Fsp3) is 0.0870. The van der Waals surface area contributed by atoms with Gasteiger partial charge in [-0.1, -0.05) is 24.3 Å². The van der Waals surface area contributed by atoms with Gasteiger partial charge in [-0.05, 0) is 48.9 Å². The third kappa shape index (κ3) is 3.98. The molecule has 0 radical (unpaired) electrons. The SMILES string of the molecule is [C-]#[N+]c1ccc2oc(-c3ccc(NC(=O)COc4ccccc4C)cc3F)nc2c1. The molecule has 4 rings (SSSR count). The van der Waals surface area contributed by atoms with E-state index in [0.717, 1.165) is 5.56 Å². The van der Waals surface area contributed by atoms with Crippen LogP contribution in [0, 0.1) is 19.3 Å². The van der Waals surface area contributed by atoms with Crippen LogP contribution in [0.1, 0.15) is 5.56 Å². The normalized spacial score (nSPS) is 10.6. The monoisotopic (exact) mass is 401 g/mol. The zero-order chi connectivity index (χ0) is 21.1. The summed E-state index contributed by atoms with van der Waals surface area (Å²) >= 11 is 0. The van der Waals surface area contributed by atoms with Crippen molar-refractivity contribution in [3.8, 4) is 17.2 Å². The predicted octanol–water partition coefficient (Wildman–Crippen LogP) is 5.51. The quantitative estimate of drug-likeness (QED) is 0.448. The molecule has 1 amide bonds. The van der Waals surface area contributed by atoms with Crippen LogP contribution in [0.15, 0.2) is 65.1 Å². The molecule has 3 aromatic carbocycles. The lowest BCUT2D eigenvalue weighted by Crippen LogP contribution is -2.20. The summed E-state index contributed by atoms with van der Waals surface area (Å²) in [6.45, 7) is 8.75. The molecule has 0 aliphatic carbocycles. The first kappa shape index (κ1) is 19.2. The Kier molecular flexibility index (Phi) is 5.14.